The number of rotatable bonds is 18. The van der Waals surface area contributed by atoms with Gasteiger partial charge in [0.25, 0.3) is 0 Å². The van der Waals surface area contributed by atoms with Crippen molar-refractivity contribution >= 4 is 33.3 Å². The fraction of sp³-hybridized carbons (Fsp3) is 0.321. The molecule has 0 aliphatic carbocycles. The van der Waals surface area contributed by atoms with E-state index in [9.17, 15) is 23.2 Å². The zero-order valence-electron chi connectivity index (χ0n) is 57.1. The van der Waals surface area contributed by atoms with Crippen LogP contribution in [0.2, 0.25) is 0 Å². The van der Waals surface area contributed by atoms with Crippen molar-refractivity contribution in [2.24, 2.45) is 0 Å². The fourth-order valence-electron chi connectivity index (χ4n) is 14.3. The second kappa shape index (κ2) is 33.4. The number of nitrogens with zero attached hydrogens (tertiary/aromatic N) is 6. The second-order valence-corrected chi connectivity index (χ2v) is 27.7. The van der Waals surface area contributed by atoms with Crippen LogP contribution < -0.4 is 0 Å². The summed E-state index contributed by atoms with van der Waals surface area (Å²) in [5, 5.41) is 0. The molecule has 3 saturated heterocycles. The Hall–Kier alpha value is -7.91. The lowest BCUT2D eigenvalue weighted by molar-refractivity contribution is 0.0195. The topological polar surface area (TPSA) is 70.7 Å². The molecular formula is C84H93BrF2N6O3. The van der Waals surface area contributed by atoms with Crippen LogP contribution in [-0.2, 0) is 19.6 Å². The van der Waals surface area contributed by atoms with Crippen LogP contribution in [0, 0.1) is 11.6 Å². The van der Waals surface area contributed by atoms with Gasteiger partial charge in [0.15, 0.2) is 17.3 Å². The monoisotopic (exact) mass is 1350 g/mol. The lowest BCUT2D eigenvalue weighted by atomic mass is 9.92. The van der Waals surface area contributed by atoms with Gasteiger partial charge in [-0.25, -0.2) is 8.78 Å². The van der Waals surface area contributed by atoms with Crippen molar-refractivity contribution < 1.29 is 23.2 Å². The van der Waals surface area contributed by atoms with Gasteiger partial charge in [0.05, 0.1) is 18.1 Å². The van der Waals surface area contributed by atoms with Crippen LogP contribution in [0.25, 0.3) is 0 Å². The molecule has 3 aliphatic rings. The molecular weight excluding hydrogens is 1260 g/mol. The highest BCUT2D eigenvalue weighted by Gasteiger charge is 2.38. The van der Waals surface area contributed by atoms with Gasteiger partial charge in [-0.05, 0) is 149 Å². The molecule has 12 rings (SSSR count). The lowest BCUT2D eigenvalue weighted by Gasteiger charge is -2.47. The normalized spacial score (nSPS) is 20.8. The summed E-state index contributed by atoms with van der Waals surface area (Å²) in [5.74, 6) is -0.0946. The van der Waals surface area contributed by atoms with Crippen LogP contribution in [0.5, 0.6) is 0 Å². The zero-order valence-corrected chi connectivity index (χ0v) is 58.7. The molecule has 3 fully saturated rings. The van der Waals surface area contributed by atoms with Crippen LogP contribution in [0.15, 0.2) is 241 Å². The van der Waals surface area contributed by atoms with Gasteiger partial charge in [0, 0.05) is 116 Å². The van der Waals surface area contributed by atoms with Crippen molar-refractivity contribution in [3.8, 4) is 0 Å². The van der Waals surface area contributed by atoms with Crippen LogP contribution in [0.1, 0.15) is 162 Å². The van der Waals surface area contributed by atoms with E-state index in [1.807, 2.05) is 66.7 Å². The number of carbonyl (C=O) groups is 3. The maximum Gasteiger partial charge on any atom is 0.159 e. The number of halogens is 3. The minimum atomic E-state index is -0.193. The Bertz CT molecular complexity index is 3770. The fourth-order valence-corrected chi connectivity index (χ4v) is 14.5. The van der Waals surface area contributed by atoms with Gasteiger partial charge in [-0.2, -0.15) is 0 Å². The molecule has 0 saturated carbocycles. The average molecular weight is 1350 g/mol. The number of hydrogen-bond acceptors (Lipinski definition) is 9. The molecule has 12 heteroatoms. The first-order valence-electron chi connectivity index (χ1n) is 34.0. The standard InChI is InChI=1S/C28H31BrN2O.2C28H31FN2O/c1-20-18-31(21(2)17-30(20)19-23-9-15-27(29)16-10-23)28(25-7-5-4-6-8-25)26-13-11-24(12-14-26)22(3)32;1-20-18-31(21(2)17-30(20)19-23-8-7-11-27(29)16-23)28(25-9-5-4-6-10-25)26-14-12-24(13-15-26)22(3)32;1-20-18-31(21(2)17-30(20)19-23-9-15-27(29)16-10-23)28(25-7-5-4-6-8-25)26-13-11-24(12-14-26)22(3)32/h3*4-16,20-21,28H,17-19H2,1-3H3/t3*20-,21+,28-/m111/s1. The number of benzene rings is 9. The van der Waals surface area contributed by atoms with Crippen LogP contribution in [-0.4, -0.2) is 122 Å². The van der Waals surface area contributed by atoms with E-state index in [1.54, 1.807) is 32.9 Å². The number of carbonyl (C=O) groups excluding carboxylic acids is 3. The van der Waals surface area contributed by atoms with Crippen LogP contribution in [0.4, 0.5) is 8.78 Å². The SMILES string of the molecule is CC(=O)c1ccc([C@@H](c2ccccc2)N2C[C@@H](C)N(Cc3ccc(Br)cc3)C[C@@H]2C)cc1.CC(=O)c1ccc([C@@H](c2ccccc2)N2C[C@@H](C)N(Cc3ccc(F)cc3)C[C@@H]2C)cc1.CC(=O)c1ccc([C@@H](c2ccccc2)N2C[C@@H](C)N(Cc3cccc(F)c3)C[C@@H]2C)cc1. The average Bonchev–Trinajstić information content (AvgIpc) is 0.858. The molecule has 0 spiro atoms. The summed E-state index contributed by atoms with van der Waals surface area (Å²) in [7, 11) is 0. The van der Waals surface area contributed by atoms with Crippen molar-refractivity contribution in [2.45, 2.75) is 136 Å². The highest BCUT2D eigenvalue weighted by molar-refractivity contribution is 9.10. The molecule has 498 valence electrons. The predicted octanol–water partition coefficient (Wildman–Crippen LogP) is 17.8. The lowest BCUT2D eigenvalue weighted by Crippen LogP contribution is -2.56. The van der Waals surface area contributed by atoms with Gasteiger partial charge in [-0.1, -0.05) is 216 Å². The first kappa shape index (κ1) is 70.9. The van der Waals surface area contributed by atoms with E-state index in [4.69, 9.17) is 0 Å². The first-order chi connectivity index (χ1) is 46.3. The van der Waals surface area contributed by atoms with Gasteiger partial charge in [0.2, 0.25) is 0 Å². The minimum absolute atomic E-state index is 0.0840. The molecule has 9 aromatic rings. The van der Waals surface area contributed by atoms with Crippen molar-refractivity contribution in [3.05, 3.63) is 319 Å². The molecule has 0 bridgehead atoms. The molecule has 3 heterocycles. The minimum Gasteiger partial charge on any atom is -0.295 e. The van der Waals surface area contributed by atoms with Crippen molar-refractivity contribution in [3.63, 3.8) is 0 Å². The summed E-state index contributed by atoms with van der Waals surface area (Å²) in [6.45, 7) is 26.8. The predicted molar refractivity (Wildman–Crippen MR) is 389 cm³/mol. The molecule has 9 aromatic carbocycles. The Morgan fingerprint density at radius 3 is 0.927 bits per heavy atom. The summed E-state index contributed by atoms with van der Waals surface area (Å²) in [4.78, 5) is 50.6. The molecule has 96 heavy (non-hydrogen) atoms. The van der Waals surface area contributed by atoms with E-state index >= 15 is 0 Å². The van der Waals surface area contributed by atoms with Crippen LogP contribution in [0.3, 0.4) is 0 Å². The van der Waals surface area contributed by atoms with E-state index in [2.05, 4.69) is 226 Å². The van der Waals surface area contributed by atoms with E-state index in [0.29, 0.717) is 36.3 Å². The third-order valence-electron chi connectivity index (χ3n) is 19.6. The molecule has 9 atom stereocenters. The highest BCUT2D eigenvalue weighted by Crippen LogP contribution is 2.38. The van der Waals surface area contributed by atoms with Gasteiger partial charge in [0.1, 0.15) is 11.6 Å². The quantitative estimate of drug-likeness (QED) is 0.0781. The van der Waals surface area contributed by atoms with Gasteiger partial charge < -0.3 is 0 Å². The van der Waals surface area contributed by atoms with Gasteiger partial charge in [-0.3, -0.25) is 43.8 Å². The van der Waals surface area contributed by atoms with E-state index in [0.717, 1.165) is 91.2 Å². The third kappa shape index (κ3) is 18.4. The molecule has 9 nitrogen and oxygen atoms in total. The molecule has 0 unspecified atom stereocenters. The summed E-state index contributed by atoms with van der Waals surface area (Å²) in [5.41, 5.74) is 13.2. The van der Waals surface area contributed by atoms with Crippen molar-refractivity contribution in [1.29, 1.82) is 0 Å². The molecule has 0 N–H and O–H groups in total. The van der Waals surface area contributed by atoms with E-state index in [1.165, 1.54) is 57.1 Å². The number of ketones is 3. The van der Waals surface area contributed by atoms with Gasteiger partial charge >= 0.3 is 0 Å². The summed E-state index contributed by atoms with van der Waals surface area (Å²) in [6, 6.07) is 81.2. The Morgan fingerprint density at radius 1 is 0.333 bits per heavy atom. The molecule has 3 aliphatic heterocycles. The second-order valence-electron chi connectivity index (χ2n) is 26.8. The van der Waals surface area contributed by atoms with Crippen molar-refractivity contribution in [1.82, 2.24) is 29.4 Å². The van der Waals surface area contributed by atoms with E-state index in [-0.39, 0.29) is 47.1 Å². The summed E-state index contributed by atoms with van der Waals surface area (Å²) >= 11 is 3.53. The molecule has 0 amide bonds. The Labute approximate surface area is 577 Å². The van der Waals surface area contributed by atoms with Crippen molar-refractivity contribution in [2.75, 3.05) is 39.3 Å². The Morgan fingerprint density at radius 2 is 0.625 bits per heavy atom. The maximum absolute atomic E-state index is 13.7. The third-order valence-corrected chi connectivity index (χ3v) is 20.1. The Kier molecular flexibility index (Phi) is 24.6. The number of Topliss-reactive ketones (excluding diaryl/α,β-unsaturated/α-hetero) is 3. The zero-order chi connectivity index (χ0) is 68.0. The summed E-state index contributed by atoms with van der Waals surface area (Å²) in [6.07, 6.45) is 0. The largest absolute Gasteiger partial charge is 0.295 e. The smallest absolute Gasteiger partial charge is 0.159 e. The number of piperazine rings is 3. The highest BCUT2D eigenvalue weighted by atomic mass is 79.9. The Balaban J connectivity index is 0.000000157. The van der Waals surface area contributed by atoms with E-state index < -0.39 is 0 Å². The van der Waals surface area contributed by atoms with Gasteiger partial charge in [-0.15, -0.1) is 0 Å². The summed E-state index contributed by atoms with van der Waals surface area (Å²) < 4.78 is 28.1. The maximum atomic E-state index is 13.7. The number of hydrogen-bond donors (Lipinski definition) is 0. The van der Waals surface area contributed by atoms with Crippen LogP contribution >= 0.6 is 15.9 Å². The molecule has 0 radical (unpaired) electrons. The molecule has 0 aromatic heterocycles. The first-order valence-corrected chi connectivity index (χ1v) is 34.8.